The number of unbranched alkanes of at least 4 members (excludes halogenated alkanes) is 1. The van der Waals surface area contributed by atoms with E-state index in [9.17, 15) is 8.78 Å². The normalized spacial score (nSPS) is 12.6. The van der Waals surface area contributed by atoms with Crippen molar-refractivity contribution in [2.24, 2.45) is 5.92 Å². The predicted molar refractivity (Wildman–Crippen MR) is 39.3 cm³/mol. The van der Waals surface area contributed by atoms with Gasteiger partial charge < -0.3 is 0 Å². The second kappa shape index (κ2) is 3.89. The van der Waals surface area contributed by atoms with Gasteiger partial charge in [0.05, 0.1) is 0 Å². The lowest BCUT2D eigenvalue weighted by molar-refractivity contribution is -0.0537. The molecular formula is C8H16F2. The lowest BCUT2D eigenvalue weighted by atomic mass is 10.0. The summed E-state index contributed by atoms with van der Waals surface area (Å²) in [6.45, 7) is 5.06. The lowest BCUT2D eigenvalue weighted by Gasteiger charge is -2.19. The number of halogens is 2. The maximum atomic E-state index is 12.7. The summed E-state index contributed by atoms with van der Waals surface area (Å²) in [6.07, 6.45) is 1.52. The smallest absolute Gasteiger partial charge is 0.207 e. The van der Waals surface area contributed by atoms with Gasteiger partial charge in [0.25, 0.3) is 0 Å². The average Bonchev–Trinajstić information content (AvgIpc) is 1.84. The lowest BCUT2D eigenvalue weighted by Crippen LogP contribution is -2.23. The molecule has 62 valence electrons. The molecule has 0 aliphatic rings. The van der Waals surface area contributed by atoms with Crippen LogP contribution in [-0.2, 0) is 0 Å². The van der Waals surface area contributed by atoms with E-state index in [0.717, 1.165) is 6.42 Å². The molecule has 0 N–H and O–H groups in total. The van der Waals surface area contributed by atoms with Gasteiger partial charge in [-0.05, 0) is 6.42 Å². The molecule has 10 heavy (non-hydrogen) atoms. The molecule has 0 amide bonds. The van der Waals surface area contributed by atoms with Crippen molar-refractivity contribution >= 4 is 0 Å². The van der Waals surface area contributed by atoms with Crippen molar-refractivity contribution in [1.82, 2.24) is 0 Å². The predicted octanol–water partition coefficient (Wildman–Crippen LogP) is 3.47. The van der Waals surface area contributed by atoms with E-state index in [0.29, 0.717) is 6.42 Å². The van der Waals surface area contributed by atoms with Crippen molar-refractivity contribution in [2.75, 3.05) is 0 Å². The largest absolute Gasteiger partial charge is 0.250 e. The van der Waals surface area contributed by atoms with Gasteiger partial charge in [0, 0.05) is 12.3 Å². The van der Waals surface area contributed by atoms with Crippen molar-refractivity contribution < 1.29 is 8.78 Å². The molecule has 0 spiro atoms. The fourth-order valence-electron chi connectivity index (χ4n) is 0.701. The molecule has 0 fully saturated rings. The Balaban J connectivity index is 3.63. The molecule has 0 bridgehead atoms. The molecule has 0 rings (SSSR count). The Labute approximate surface area is 61.6 Å². The maximum absolute atomic E-state index is 12.7. The van der Waals surface area contributed by atoms with E-state index in [1.807, 2.05) is 6.92 Å². The SMILES string of the molecule is CCCCC(F)(F)C(C)C. The van der Waals surface area contributed by atoms with Gasteiger partial charge in [0.1, 0.15) is 0 Å². The summed E-state index contributed by atoms with van der Waals surface area (Å²) in [7, 11) is 0. The molecule has 0 saturated heterocycles. The summed E-state index contributed by atoms with van der Waals surface area (Å²) < 4.78 is 25.5. The van der Waals surface area contributed by atoms with Gasteiger partial charge in [-0.3, -0.25) is 0 Å². The second-order valence-electron chi connectivity index (χ2n) is 3.02. The molecule has 0 heterocycles. The highest BCUT2D eigenvalue weighted by Crippen LogP contribution is 2.29. The monoisotopic (exact) mass is 150 g/mol. The molecule has 0 aliphatic carbocycles. The van der Waals surface area contributed by atoms with Gasteiger partial charge in [0.15, 0.2) is 0 Å². The van der Waals surface area contributed by atoms with Crippen LogP contribution in [-0.4, -0.2) is 5.92 Å². The van der Waals surface area contributed by atoms with Crippen LogP contribution in [0.2, 0.25) is 0 Å². The third kappa shape index (κ3) is 3.14. The quantitative estimate of drug-likeness (QED) is 0.575. The third-order valence-electron chi connectivity index (χ3n) is 1.71. The number of hydrogen-bond donors (Lipinski definition) is 0. The van der Waals surface area contributed by atoms with Crippen molar-refractivity contribution in [3.05, 3.63) is 0 Å². The summed E-state index contributed by atoms with van der Waals surface area (Å²) in [6, 6.07) is 0. The molecule has 0 aromatic rings. The molecule has 0 radical (unpaired) electrons. The summed E-state index contributed by atoms with van der Waals surface area (Å²) in [5.74, 6) is -2.96. The number of alkyl halides is 2. The summed E-state index contributed by atoms with van der Waals surface area (Å²) in [4.78, 5) is 0. The second-order valence-corrected chi connectivity index (χ2v) is 3.02. The van der Waals surface area contributed by atoms with Crippen LogP contribution in [0.25, 0.3) is 0 Å². The number of hydrogen-bond acceptors (Lipinski definition) is 0. The fraction of sp³-hybridized carbons (Fsp3) is 1.00. The van der Waals surface area contributed by atoms with Crippen LogP contribution in [0.15, 0.2) is 0 Å². The Kier molecular flexibility index (Phi) is 3.84. The van der Waals surface area contributed by atoms with E-state index >= 15 is 0 Å². The van der Waals surface area contributed by atoms with E-state index in [1.54, 1.807) is 13.8 Å². The Bertz CT molecular complexity index is 87.3. The highest BCUT2D eigenvalue weighted by Gasteiger charge is 2.31. The van der Waals surface area contributed by atoms with Crippen LogP contribution < -0.4 is 0 Å². The van der Waals surface area contributed by atoms with Crippen LogP contribution in [0.4, 0.5) is 8.78 Å². The third-order valence-corrected chi connectivity index (χ3v) is 1.71. The van der Waals surface area contributed by atoms with E-state index in [4.69, 9.17) is 0 Å². The molecule has 0 aliphatic heterocycles. The minimum atomic E-state index is -2.45. The molecular weight excluding hydrogens is 134 g/mol. The Hall–Kier alpha value is -0.140. The van der Waals surface area contributed by atoms with E-state index in [2.05, 4.69) is 0 Å². The average molecular weight is 150 g/mol. The molecule has 0 atom stereocenters. The number of rotatable bonds is 4. The first kappa shape index (κ1) is 9.86. The summed E-state index contributed by atoms with van der Waals surface area (Å²) >= 11 is 0. The van der Waals surface area contributed by atoms with Gasteiger partial charge in [-0.25, -0.2) is 8.78 Å². The Morgan fingerprint density at radius 3 is 2.10 bits per heavy atom. The minimum absolute atomic E-state index is 0.0428. The van der Waals surface area contributed by atoms with Gasteiger partial charge in [-0.1, -0.05) is 27.2 Å². The van der Waals surface area contributed by atoms with Crippen LogP contribution in [0.5, 0.6) is 0 Å². The highest BCUT2D eigenvalue weighted by atomic mass is 19.3. The van der Waals surface area contributed by atoms with E-state index in [-0.39, 0.29) is 6.42 Å². The van der Waals surface area contributed by atoms with Crippen molar-refractivity contribution in [3.63, 3.8) is 0 Å². The molecule has 0 unspecified atom stereocenters. The van der Waals surface area contributed by atoms with Crippen molar-refractivity contribution in [1.29, 1.82) is 0 Å². The maximum Gasteiger partial charge on any atom is 0.250 e. The zero-order valence-corrected chi connectivity index (χ0v) is 6.95. The molecule has 0 nitrogen and oxygen atoms in total. The summed E-state index contributed by atoms with van der Waals surface area (Å²) in [5.41, 5.74) is 0. The molecule has 0 aromatic carbocycles. The zero-order chi connectivity index (χ0) is 8.20. The first-order valence-electron chi connectivity index (χ1n) is 3.88. The van der Waals surface area contributed by atoms with Gasteiger partial charge >= 0.3 is 0 Å². The standard InChI is InChI=1S/C8H16F2/c1-4-5-6-8(9,10)7(2)3/h7H,4-6H2,1-3H3. The van der Waals surface area contributed by atoms with Crippen LogP contribution in [0.3, 0.4) is 0 Å². The first-order chi connectivity index (χ1) is 4.50. The van der Waals surface area contributed by atoms with Crippen molar-refractivity contribution in [3.8, 4) is 0 Å². The van der Waals surface area contributed by atoms with Crippen LogP contribution in [0, 0.1) is 5.92 Å². The van der Waals surface area contributed by atoms with Crippen LogP contribution >= 0.6 is 0 Å². The fourth-order valence-corrected chi connectivity index (χ4v) is 0.701. The van der Waals surface area contributed by atoms with Gasteiger partial charge in [0.2, 0.25) is 5.92 Å². The minimum Gasteiger partial charge on any atom is -0.207 e. The highest BCUT2D eigenvalue weighted by molar-refractivity contribution is 4.69. The summed E-state index contributed by atoms with van der Waals surface area (Å²) in [5, 5.41) is 0. The topological polar surface area (TPSA) is 0 Å². The Morgan fingerprint density at radius 2 is 1.80 bits per heavy atom. The first-order valence-corrected chi connectivity index (χ1v) is 3.88. The van der Waals surface area contributed by atoms with Crippen molar-refractivity contribution in [2.45, 2.75) is 46.0 Å². The van der Waals surface area contributed by atoms with E-state index < -0.39 is 11.8 Å². The van der Waals surface area contributed by atoms with Gasteiger partial charge in [-0.2, -0.15) is 0 Å². The van der Waals surface area contributed by atoms with Crippen LogP contribution in [0.1, 0.15) is 40.0 Å². The van der Waals surface area contributed by atoms with E-state index in [1.165, 1.54) is 0 Å². The molecule has 0 aromatic heterocycles. The molecule has 2 heteroatoms. The van der Waals surface area contributed by atoms with Gasteiger partial charge in [-0.15, -0.1) is 0 Å². The Morgan fingerprint density at radius 1 is 1.30 bits per heavy atom. The zero-order valence-electron chi connectivity index (χ0n) is 6.95. The molecule has 0 saturated carbocycles.